The molecule has 0 spiro atoms. The van der Waals surface area contributed by atoms with Crippen molar-refractivity contribution in [1.29, 1.82) is 0 Å². The maximum atomic E-state index is 11.2. The quantitative estimate of drug-likeness (QED) is 0.109. The molecule has 0 atom stereocenters. The fraction of sp³-hybridized carbons (Fsp3) is 0.0303. The molecule has 16 nitrogen and oxygen atoms in total. The van der Waals surface area contributed by atoms with Gasteiger partial charge in [-0.2, -0.15) is 0 Å². The van der Waals surface area contributed by atoms with Crippen molar-refractivity contribution in [2.45, 2.75) is 13.2 Å². The van der Waals surface area contributed by atoms with E-state index in [9.17, 15) is 39.6 Å². The van der Waals surface area contributed by atoms with Crippen LogP contribution in [0.1, 0.15) is 52.6 Å². The molecule has 0 bridgehead atoms. The molecule has 12 aromatic rings. The van der Waals surface area contributed by atoms with Crippen LogP contribution in [-0.2, 0) is 46.8 Å². The number of carbonyl (C=O) groups excluding carboxylic acids is 4. The van der Waals surface area contributed by atoms with Gasteiger partial charge in [0.05, 0.1) is 45.9 Å². The summed E-state index contributed by atoms with van der Waals surface area (Å²) in [5.74, 6) is -3.81. The molecule has 2 radical (unpaired) electrons. The van der Waals surface area contributed by atoms with Gasteiger partial charge in [-0.15, -0.1) is 0 Å². The third kappa shape index (κ3) is 16.5. The minimum absolute atomic E-state index is 0. The van der Waals surface area contributed by atoms with Gasteiger partial charge in [-0.1, -0.05) is 146 Å². The van der Waals surface area contributed by atoms with E-state index in [0.717, 1.165) is 65.9 Å². The van der Waals surface area contributed by atoms with Gasteiger partial charge in [0.1, 0.15) is 24.7 Å². The number of nitrogens with zero attached hydrogens (tertiary/aromatic N) is 4. The van der Waals surface area contributed by atoms with Gasteiger partial charge in [-0.25, -0.2) is 0 Å². The molecule has 4 heterocycles. The summed E-state index contributed by atoms with van der Waals surface area (Å²) in [5, 5.41) is 48.4. The minimum atomic E-state index is -1.23. The van der Waals surface area contributed by atoms with Crippen molar-refractivity contribution in [2.75, 3.05) is 0 Å². The smallest absolute Gasteiger partial charge is 0.545 e. The van der Waals surface area contributed by atoms with E-state index in [2.05, 4.69) is 68.5 Å². The number of carboxylic acids is 4. The van der Waals surface area contributed by atoms with Gasteiger partial charge < -0.3 is 60.0 Å². The third-order valence-electron chi connectivity index (χ3n) is 12.5. The maximum Gasteiger partial charge on any atom is 2.00 e. The van der Waals surface area contributed by atoms with Crippen LogP contribution in [-0.4, -0.2) is 54.8 Å². The van der Waals surface area contributed by atoms with Crippen molar-refractivity contribution in [1.82, 2.24) is 19.9 Å². The SMILES string of the molecule is O.O.O=C([O-])c1ccc(OCc2ccc(-c3ccccc3C(=O)[O-])cc2)cc1.O=C([O-])c1ccc(OCc2ccc(-c3ccccc3C(=O)[O-])cc2)cc1.[Co+2].[Co+2].c1cnc2c(c1)ccc1cccnc12.c1cnc2c(c1)ccc1cccnc12. The molecule has 422 valence electrons. The van der Waals surface area contributed by atoms with Gasteiger partial charge in [-0.3, -0.25) is 19.9 Å². The Morgan fingerprint density at radius 1 is 0.321 bits per heavy atom. The second-order valence-corrected chi connectivity index (χ2v) is 17.7. The minimum Gasteiger partial charge on any atom is -0.545 e. The van der Waals surface area contributed by atoms with Gasteiger partial charge in [0.15, 0.2) is 0 Å². The van der Waals surface area contributed by atoms with Crippen molar-refractivity contribution in [2.24, 2.45) is 0 Å². The Kier molecular flexibility index (Phi) is 24.0. The van der Waals surface area contributed by atoms with Crippen molar-refractivity contribution in [3.63, 3.8) is 0 Å². The standard InChI is InChI=1S/2C21H16O5.2C12H8N2.2Co.2H2O/c2*22-20(23)16-9-11-17(12-10-16)26-13-14-5-7-15(8-6-14)18-3-1-2-4-19(18)21(24)25;2*1-3-9-5-6-10-4-2-8-14-12(10)11(9)13-7-1;;;;/h2*1-12H,13H2,(H,22,23)(H,24,25);2*1-8H;;;2*1H2/q;;;;2*+2;;/p-4. The predicted octanol–water partition coefficient (Wildman–Crippen LogP) is 7.23. The van der Waals surface area contributed by atoms with E-state index in [1.807, 2.05) is 72.8 Å². The summed E-state index contributed by atoms with van der Waals surface area (Å²) in [7, 11) is 0. The van der Waals surface area contributed by atoms with Gasteiger partial charge in [0, 0.05) is 57.5 Å². The van der Waals surface area contributed by atoms with Crippen LogP contribution in [0.2, 0.25) is 0 Å². The van der Waals surface area contributed by atoms with Crippen LogP contribution in [0.15, 0.2) is 243 Å². The third-order valence-corrected chi connectivity index (χ3v) is 12.5. The number of benzene rings is 8. The molecule has 8 aromatic carbocycles. The molecular weight excluding hydrogens is 1160 g/mol. The molecule has 12 rings (SSSR count). The number of carbonyl (C=O) groups is 4. The van der Waals surface area contributed by atoms with Crippen LogP contribution in [0.25, 0.3) is 65.9 Å². The number of hydrogen-bond donors (Lipinski definition) is 0. The fourth-order valence-corrected chi connectivity index (χ4v) is 8.45. The summed E-state index contributed by atoms with van der Waals surface area (Å²) in [6.45, 7) is 0.597. The second kappa shape index (κ2) is 31.1. The number of rotatable bonds is 12. The van der Waals surface area contributed by atoms with Crippen LogP contribution < -0.4 is 29.9 Å². The molecule has 0 unspecified atom stereocenters. The van der Waals surface area contributed by atoms with E-state index in [1.54, 1.807) is 85.5 Å². The van der Waals surface area contributed by atoms with Crippen LogP contribution in [0.4, 0.5) is 0 Å². The molecule has 0 aliphatic carbocycles. The molecule has 0 aliphatic heterocycles. The van der Waals surface area contributed by atoms with Crippen molar-refractivity contribution >= 4 is 67.5 Å². The monoisotopic (exact) mass is 1210 g/mol. The van der Waals surface area contributed by atoms with Crippen LogP contribution in [0.3, 0.4) is 0 Å². The number of ether oxygens (including phenoxy) is 2. The number of pyridine rings is 4. The molecular formula is C66H48Co2N4O12. The van der Waals surface area contributed by atoms with E-state index in [4.69, 9.17) is 9.47 Å². The van der Waals surface area contributed by atoms with Gasteiger partial charge in [0.2, 0.25) is 0 Å². The van der Waals surface area contributed by atoms with E-state index in [1.165, 1.54) is 36.4 Å². The molecule has 4 N–H and O–H groups in total. The summed E-state index contributed by atoms with van der Waals surface area (Å²) in [5.41, 5.74) is 8.89. The van der Waals surface area contributed by atoms with Gasteiger partial charge in [-0.05, 0) is 117 Å². The summed E-state index contributed by atoms with van der Waals surface area (Å²) >= 11 is 0. The largest absolute Gasteiger partial charge is 2.00 e. The molecule has 0 fully saturated rings. The zero-order valence-electron chi connectivity index (χ0n) is 44.0. The zero-order chi connectivity index (χ0) is 55.8. The van der Waals surface area contributed by atoms with Crippen molar-refractivity contribution in [3.8, 4) is 33.8 Å². The van der Waals surface area contributed by atoms with E-state index < -0.39 is 23.9 Å². The molecule has 0 amide bonds. The Balaban J connectivity index is 0.000000209. The number of aromatic carboxylic acids is 4. The maximum absolute atomic E-state index is 11.2. The molecule has 4 aromatic heterocycles. The van der Waals surface area contributed by atoms with E-state index in [0.29, 0.717) is 35.8 Å². The van der Waals surface area contributed by atoms with Crippen LogP contribution >= 0.6 is 0 Å². The normalized spacial score (nSPS) is 10.0. The first-order valence-corrected chi connectivity index (χ1v) is 24.8. The number of aromatic nitrogens is 4. The van der Waals surface area contributed by atoms with E-state index >= 15 is 0 Å². The number of carboxylic acid groups (broad SMARTS) is 4. The Morgan fingerprint density at radius 3 is 0.881 bits per heavy atom. The Morgan fingerprint density at radius 2 is 0.607 bits per heavy atom. The summed E-state index contributed by atoms with van der Waals surface area (Å²) in [4.78, 5) is 61.2. The average Bonchev–Trinajstić information content (AvgIpc) is 3.12. The molecule has 84 heavy (non-hydrogen) atoms. The summed E-state index contributed by atoms with van der Waals surface area (Å²) in [6.07, 6.45) is 7.21. The first kappa shape index (κ1) is 64.6. The topological polar surface area (TPSA) is 294 Å². The first-order valence-electron chi connectivity index (χ1n) is 24.8. The Bertz CT molecular complexity index is 3780. The van der Waals surface area contributed by atoms with Crippen molar-refractivity contribution in [3.05, 3.63) is 277 Å². The Labute approximate surface area is 501 Å². The van der Waals surface area contributed by atoms with Gasteiger partial charge >= 0.3 is 33.6 Å². The Hall–Kier alpha value is -10.2. The van der Waals surface area contributed by atoms with E-state index in [-0.39, 0.29) is 66.8 Å². The number of fused-ring (bicyclic) bond motifs is 6. The molecule has 0 saturated carbocycles. The van der Waals surface area contributed by atoms with Gasteiger partial charge in [0.25, 0.3) is 0 Å². The first-order chi connectivity index (χ1) is 39.0. The van der Waals surface area contributed by atoms with Crippen LogP contribution in [0, 0.1) is 0 Å². The summed E-state index contributed by atoms with van der Waals surface area (Å²) < 4.78 is 11.2. The summed E-state index contributed by atoms with van der Waals surface area (Å²) in [6, 6.07) is 64.2. The average molecular weight is 1210 g/mol. The predicted molar refractivity (Wildman–Crippen MR) is 304 cm³/mol. The molecule has 0 saturated heterocycles. The van der Waals surface area contributed by atoms with Crippen molar-refractivity contribution < 1.29 is 93.6 Å². The van der Waals surface area contributed by atoms with Crippen LogP contribution in [0.5, 0.6) is 11.5 Å². The molecule has 18 heteroatoms. The number of hydrogen-bond acceptors (Lipinski definition) is 14. The molecule has 0 aliphatic rings. The second-order valence-electron chi connectivity index (χ2n) is 17.7. The zero-order valence-corrected chi connectivity index (χ0v) is 46.1. The fourth-order valence-electron chi connectivity index (χ4n) is 8.45.